The Hall–Kier alpha value is -0.570. The number of nitrogens with zero attached hydrogens (tertiary/aromatic N) is 1. The van der Waals surface area contributed by atoms with Crippen molar-refractivity contribution >= 4 is 5.91 Å². The molecule has 2 saturated carbocycles. The molecule has 0 bridgehead atoms. The molecular formula is C17H30N2O. The van der Waals surface area contributed by atoms with Crippen LogP contribution >= 0.6 is 0 Å². The van der Waals surface area contributed by atoms with Crippen molar-refractivity contribution in [1.82, 2.24) is 10.2 Å². The molecule has 2 unspecified atom stereocenters. The minimum absolute atomic E-state index is 0.196. The van der Waals surface area contributed by atoms with E-state index in [4.69, 9.17) is 0 Å². The number of nitrogens with one attached hydrogen (secondary N) is 1. The SMILES string of the molecule is CC(C)CC1NC2(CCCC2)C(=O)N1CC1CC1(C)C. The van der Waals surface area contributed by atoms with Gasteiger partial charge in [0, 0.05) is 6.54 Å². The fourth-order valence-electron chi connectivity index (χ4n) is 4.18. The maximum absolute atomic E-state index is 13.0. The van der Waals surface area contributed by atoms with Crippen LogP contribution in [0.3, 0.4) is 0 Å². The first-order chi connectivity index (χ1) is 9.34. The van der Waals surface area contributed by atoms with Crippen LogP contribution in [0.1, 0.15) is 66.2 Å². The maximum Gasteiger partial charge on any atom is 0.244 e. The minimum atomic E-state index is -0.196. The highest BCUT2D eigenvalue weighted by atomic mass is 16.2. The summed E-state index contributed by atoms with van der Waals surface area (Å²) in [6.45, 7) is 10.1. The summed E-state index contributed by atoms with van der Waals surface area (Å²) in [6, 6.07) is 0. The van der Waals surface area contributed by atoms with E-state index in [9.17, 15) is 4.79 Å². The number of carbonyl (C=O) groups excluding carboxylic acids is 1. The van der Waals surface area contributed by atoms with Crippen LogP contribution in [0.5, 0.6) is 0 Å². The van der Waals surface area contributed by atoms with Crippen LogP contribution in [0.2, 0.25) is 0 Å². The number of carbonyl (C=O) groups is 1. The van der Waals surface area contributed by atoms with Gasteiger partial charge in [0.1, 0.15) is 0 Å². The van der Waals surface area contributed by atoms with E-state index in [2.05, 4.69) is 37.9 Å². The normalized spacial score (nSPS) is 34.5. The Bertz CT molecular complexity index is 396. The van der Waals surface area contributed by atoms with E-state index in [1.54, 1.807) is 0 Å². The van der Waals surface area contributed by atoms with Gasteiger partial charge in [-0.1, -0.05) is 40.5 Å². The lowest BCUT2D eigenvalue weighted by Crippen LogP contribution is -2.44. The molecule has 0 aromatic rings. The zero-order valence-electron chi connectivity index (χ0n) is 13.5. The topological polar surface area (TPSA) is 32.3 Å². The van der Waals surface area contributed by atoms with Crippen LogP contribution < -0.4 is 5.32 Å². The second-order valence-corrected chi connectivity index (χ2v) is 8.43. The van der Waals surface area contributed by atoms with Gasteiger partial charge in [0.2, 0.25) is 5.91 Å². The van der Waals surface area contributed by atoms with Crippen LogP contribution in [0.25, 0.3) is 0 Å². The highest BCUT2D eigenvalue weighted by Crippen LogP contribution is 2.52. The Labute approximate surface area is 123 Å². The standard InChI is InChI=1S/C17H30N2O/c1-12(2)9-14-18-17(7-5-6-8-17)15(20)19(14)11-13-10-16(13,3)4/h12-14,18H,5-11H2,1-4H3. The van der Waals surface area contributed by atoms with Gasteiger partial charge in [0.05, 0.1) is 11.7 Å². The lowest BCUT2D eigenvalue weighted by molar-refractivity contribution is -0.133. The summed E-state index contributed by atoms with van der Waals surface area (Å²) in [5.41, 5.74) is 0.257. The summed E-state index contributed by atoms with van der Waals surface area (Å²) in [5, 5.41) is 3.73. The Morgan fingerprint density at radius 3 is 2.40 bits per heavy atom. The molecule has 3 rings (SSSR count). The Morgan fingerprint density at radius 2 is 1.90 bits per heavy atom. The second-order valence-electron chi connectivity index (χ2n) is 8.43. The van der Waals surface area contributed by atoms with Crippen molar-refractivity contribution in [3.63, 3.8) is 0 Å². The molecule has 2 aliphatic carbocycles. The van der Waals surface area contributed by atoms with Gasteiger partial charge >= 0.3 is 0 Å². The third kappa shape index (κ3) is 2.38. The monoisotopic (exact) mass is 278 g/mol. The van der Waals surface area contributed by atoms with Gasteiger partial charge in [-0.2, -0.15) is 0 Å². The van der Waals surface area contributed by atoms with E-state index < -0.39 is 0 Å². The van der Waals surface area contributed by atoms with Gasteiger partial charge in [-0.25, -0.2) is 0 Å². The largest absolute Gasteiger partial charge is 0.325 e. The predicted octanol–water partition coefficient (Wildman–Crippen LogP) is 3.15. The molecule has 1 aliphatic heterocycles. The molecule has 1 spiro atoms. The van der Waals surface area contributed by atoms with Gasteiger partial charge in [-0.05, 0) is 42.9 Å². The number of rotatable bonds is 4. The molecule has 0 radical (unpaired) electrons. The highest BCUT2D eigenvalue weighted by Gasteiger charge is 2.55. The minimum Gasteiger partial charge on any atom is -0.325 e. The van der Waals surface area contributed by atoms with E-state index in [1.807, 2.05) is 0 Å². The Kier molecular flexibility index (Phi) is 3.39. The fourth-order valence-corrected chi connectivity index (χ4v) is 4.18. The molecule has 3 nitrogen and oxygen atoms in total. The Balaban J connectivity index is 1.75. The molecule has 1 N–H and O–H groups in total. The number of hydrogen-bond acceptors (Lipinski definition) is 2. The molecule has 2 atom stereocenters. The van der Waals surface area contributed by atoms with Crippen LogP contribution in [-0.2, 0) is 4.79 Å². The van der Waals surface area contributed by atoms with Crippen molar-refractivity contribution in [3.8, 4) is 0 Å². The van der Waals surface area contributed by atoms with E-state index in [0.29, 0.717) is 23.2 Å². The number of amides is 1. The predicted molar refractivity (Wildman–Crippen MR) is 81.2 cm³/mol. The zero-order valence-corrected chi connectivity index (χ0v) is 13.5. The van der Waals surface area contributed by atoms with E-state index >= 15 is 0 Å². The Morgan fingerprint density at radius 1 is 1.30 bits per heavy atom. The molecule has 3 aliphatic rings. The molecule has 1 saturated heterocycles. The molecule has 1 amide bonds. The third-order valence-corrected chi connectivity index (χ3v) is 5.78. The molecule has 3 fully saturated rings. The summed E-state index contributed by atoms with van der Waals surface area (Å²) in [5.74, 6) is 1.74. The number of hydrogen-bond donors (Lipinski definition) is 1. The summed E-state index contributed by atoms with van der Waals surface area (Å²) in [4.78, 5) is 15.2. The van der Waals surface area contributed by atoms with Crippen molar-refractivity contribution in [2.24, 2.45) is 17.3 Å². The smallest absolute Gasteiger partial charge is 0.244 e. The first-order valence-electron chi connectivity index (χ1n) is 8.43. The highest BCUT2D eigenvalue weighted by molar-refractivity contribution is 5.89. The first-order valence-corrected chi connectivity index (χ1v) is 8.43. The summed E-state index contributed by atoms with van der Waals surface area (Å²) in [7, 11) is 0. The lowest BCUT2D eigenvalue weighted by Gasteiger charge is -2.26. The second kappa shape index (κ2) is 4.72. The zero-order chi connectivity index (χ0) is 14.5. The van der Waals surface area contributed by atoms with Gasteiger partial charge in [-0.15, -0.1) is 0 Å². The van der Waals surface area contributed by atoms with E-state index in [-0.39, 0.29) is 11.7 Å². The van der Waals surface area contributed by atoms with Crippen LogP contribution in [0.4, 0.5) is 0 Å². The average Bonchev–Trinajstić information content (AvgIpc) is 2.73. The first kappa shape index (κ1) is 14.4. The molecule has 1 heterocycles. The fraction of sp³-hybridized carbons (Fsp3) is 0.941. The van der Waals surface area contributed by atoms with Crippen molar-refractivity contribution in [2.75, 3.05) is 6.54 Å². The van der Waals surface area contributed by atoms with E-state index in [1.165, 1.54) is 19.3 Å². The molecule has 3 heteroatoms. The summed E-state index contributed by atoms with van der Waals surface area (Å²) >= 11 is 0. The van der Waals surface area contributed by atoms with Crippen molar-refractivity contribution in [3.05, 3.63) is 0 Å². The molecule has 0 aromatic heterocycles. The molecular weight excluding hydrogens is 248 g/mol. The van der Waals surface area contributed by atoms with Crippen LogP contribution in [-0.4, -0.2) is 29.1 Å². The van der Waals surface area contributed by atoms with Gasteiger partial charge in [0.25, 0.3) is 0 Å². The molecule has 0 aromatic carbocycles. The molecule has 20 heavy (non-hydrogen) atoms. The van der Waals surface area contributed by atoms with E-state index in [0.717, 1.165) is 25.8 Å². The maximum atomic E-state index is 13.0. The van der Waals surface area contributed by atoms with Gasteiger partial charge in [0.15, 0.2) is 0 Å². The van der Waals surface area contributed by atoms with Crippen molar-refractivity contribution in [1.29, 1.82) is 0 Å². The quantitative estimate of drug-likeness (QED) is 0.857. The van der Waals surface area contributed by atoms with Crippen LogP contribution in [0, 0.1) is 17.3 Å². The third-order valence-electron chi connectivity index (χ3n) is 5.78. The lowest BCUT2D eigenvalue weighted by atomic mass is 9.98. The van der Waals surface area contributed by atoms with Crippen molar-refractivity contribution in [2.45, 2.75) is 77.9 Å². The van der Waals surface area contributed by atoms with Gasteiger partial charge in [-0.3, -0.25) is 10.1 Å². The average molecular weight is 278 g/mol. The molecule has 114 valence electrons. The van der Waals surface area contributed by atoms with Gasteiger partial charge < -0.3 is 4.90 Å². The summed E-state index contributed by atoms with van der Waals surface area (Å²) in [6.07, 6.45) is 7.14. The van der Waals surface area contributed by atoms with Crippen molar-refractivity contribution < 1.29 is 4.79 Å². The van der Waals surface area contributed by atoms with Crippen LogP contribution in [0.15, 0.2) is 0 Å². The summed E-state index contributed by atoms with van der Waals surface area (Å²) < 4.78 is 0.